The van der Waals surface area contributed by atoms with E-state index in [1.54, 1.807) is 36.4 Å². The Bertz CT molecular complexity index is 1560. The molecule has 5 rings (SSSR count). The van der Waals surface area contributed by atoms with Gasteiger partial charge >= 0.3 is 0 Å². The van der Waals surface area contributed by atoms with Crippen LogP contribution in [0.3, 0.4) is 0 Å². The van der Waals surface area contributed by atoms with E-state index in [4.69, 9.17) is 34.8 Å². The lowest BCUT2D eigenvalue weighted by atomic mass is 10.2. The van der Waals surface area contributed by atoms with Crippen molar-refractivity contribution in [3.8, 4) is 0 Å². The standard InChI is InChI=1S/C25H15Cl3F5N3OS/c26-11-1-3-13-16(9-11)38-24(17(13)28)25(37)34-12-2-4-15(14(27)10-12)35-5-7-36(8-6-35)23-21(32)19(30)18(29)20(31)22(23)33/h1-4,9-10H,5-8H2,(H,34,37). The molecule has 0 bridgehead atoms. The van der Waals surface area contributed by atoms with E-state index in [2.05, 4.69) is 5.32 Å². The zero-order valence-electron chi connectivity index (χ0n) is 19.0. The fourth-order valence-electron chi connectivity index (χ4n) is 4.26. The van der Waals surface area contributed by atoms with E-state index in [1.807, 2.05) is 4.90 Å². The largest absolute Gasteiger partial charge is 0.367 e. The van der Waals surface area contributed by atoms with E-state index < -0.39 is 40.7 Å². The van der Waals surface area contributed by atoms with Gasteiger partial charge in [0.25, 0.3) is 5.91 Å². The van der Waals surface area contributed by atoms with Gasteiger partial charge in [0, 0.05) is 47.0 Å². The molecule has 1 aliphatic heterocycles. The van der Waals surface area contributed by atoms with Gasteiger partial charge in [-0.15, -0.1) is 11.3 Å². The summed E-state index contributed by atoms with van der Waals surface area (Å²) >= 11 is 20.1. The molecule has 4 nitrogen and oxygen atoms in total. The van der Waals surface area contributed by atoms with E-state index in [9.17, 15) is 26.7 Å². The van der Waals surface area contributed by atoms with E-state index in [0.29, 0.717) is 36.7 Å². The van der Waals surface area contributed by atoms with Gasteiger partial charge in [-0.25, -0.2) is 22.0 Å². The fraction of sp³-hybridized carbons (Fsp3) is 0.160. The monoisotopic (exact) mass is 605 g/mol. The van der Waals surface area contributed by atoms with Crippen molar-refractivity contribution in [2.24, 2.45) is 0 Å². The lowest BCUT2D eigenvalue weighted by molar-refractivity contribution is 0.103. The highest BCUT2D eigenvalue weighted by atomic mass is 35.5. The highest BCUT2D eigenvalue weighted by Gasteiger charge is 2.31. The van der Waals surface area contributed by atoms with E-state index in [0.717, 1.165) is 9.60 Å². The number of halogens is 8. The maximum Gasteiger partial charge on any atom is 0.267 e. The highest BCUT2D eigenvalue weighted by Crippen LogP contribution is 2.38. The van der Waals surface area contributed by atoms with Gasteiger partial charge in [-0.05, 0) is 30.3 Å². The summed E-state index contributed by atoms with van der Waals surface area (Å²) < 4.78 is 69.8. The molecule has 13 heteroatoms. The number of hydrogen-bond acceptors (Lipinski definition) is 4. The maximum absolute atomic E-state index is 14.2. The second kappa shape index (κ2) is 10.4. The summed E-state index contributed by atoms with van der Waals surface area (Å²) in [5.74, 6) is -10.3. The number of piperazine rings is 1. The van der Waals surface area contributed by atoms with Crippen molar-refractivity contribution in [1.29, 1.82) is 0 Å². The number of carbonyl (C=O) groups is 1. The second-order valence-corrected chi connectivity index (χ2v) is 10.7. The van der Waals surface area contributed by atoms with Crippen LogP contribution in [-0.2, 0) is 0 Å². The smallest absolute Gasteiger partial charge is 0.267 e. The van der Waals surface area contributed by atoms with Crippen molar-refractivity contribution in [3.63, 3.8) is 0 Å². The van der Waals surface area contributed by atoms with Gasteiger partial charge in [-0.3, -0.25) is 4.79 Å². The van der Waals surface area contributed by atoms with E-state index in [-0.39, 0.29) is 26.2 Å². The van der Waals surface area contributed by atoms with Crippen LogP contribution in [0.15, 0.2) is 36.4 Å². The summed E-state index contributed by atoms with van der Waals surface area (Å²) in [5, 5.41) is 4.60. The number of rotatable bonds is 4. The average Bonchev–Trinajstić information content (AvgIpc) is 3.22. The molecule has 4 aromatic rings. The Morgan fingerprint density at radius 2 is 1.39 bits per heavy atom. The molecule has 38 heavy (non-hydrogen) atoms. The molecule has 0 aliphatic carbocycles. The summed E-state index contributed by atoms with van der Waals surface area (Å²) in [4.78, 5) is 16.1. The van der Waals surface area contributed by atoms with Crippen LogP contribution in [0.1, 0.15) is 9.67 Å². The van der Waals surface area contributed by atoms with Crippen LogP contribution in [0.2, 0.25) is 15.1 Å². The van der Waals surface area contributed by atoms with Crippen LogP contribution in [0.4, 0.5) is 39.0 Å². The third-order valence-corrected chi connectivity index (χ3v) is 8.32. The van der Waals surface area contributed by atoms with Gasteiger partial charge in [0.15, 0.2) is 23.3 Å². The molecule has 1 fully saturated rings. The van der Waals surface area contributed by atoms with Gasteiger partial charge in [0.05, 0.1) is 15.7 Å². The van der Waals surface area contributed by atoms with Gasteiger partial charge in [-0.2, -0.15) is 0 Å². The molecule has 198 valence electrons. The third-order valence-electron chi connectivity index (χ3n) is 6.13. The Kier molecular flexibility index (Phi) is 7.34. The minimum Gasteiger partial charge on any atom is -0.367 e. The number of nitrogens with one attached hydrogen (secondary N) is 1. The first-order valence-electron chi connectivity index (χ1n) is 11.1. The minimum atomic E-state index is -2.19. The highest BCUT2D eigenvalue weighted by molar-refractivity contribution is 7.21. The van der Waals surface area contributed by atoms with Crippen LogP contribution in [0.5, 0.6) is 0 Å². The number of hydrogen-bond donors (Lipinski definition) is 1. The minimum absolute atomic E-state index is 0.0123. The van der Waals surface area contributed by atoms with Gasteiger partial charge in [0.1, 0.15) is 10.6 Å². The van der Waals surface area contributed by atoms with E-state index in [1.165, 1.54) is 11.3 Å². The van der Waals surface area contributed by atoms with Crippen LogP contribution in [0, 0.1) is 29.1 Å². The summed E-state index contributed by atoms with van der Waals surface area (Å²) in [6.07, 6.45) is 0. The molecule has 3 aromatic carbocycles. The molecule has 1 amide bonds. The summed E-state index contributed by atoms with van der Waals surface area (Å²) in [6.45, 7) is 0.374. The molecule has 0 atom stereocenters. The molecular formula is C25H15Cl3F5N3OS. The normalized spacial score (nSPS) is 13.9. The number of anilines is 3. The zero-order chi connectivity index (χ0) is 27.3. The molecule has 2 heterocycles. The summed E-state index contributed by atoms with van der Waals surface area (Å²) in [5.41, 5.74) is 0.0407. The molecule has 0 spiro atoms. The lowest BCUT2D eigenvalue weighted by Crippen LogP contribution is -2.47. The fourth-order valence-corrected chi connectivity index (χ4v) is 6.24. The van der Waals surface area contributed by atoms with E-state index >= 15 is 0 Å². The first-order valence-corrected chi connectivity index (χ1v) is 13.0. The van der Waals surface area contributed by atoms with Crippen molar-refractivity contribution in [2.75, 3.05) is 41.3 Å². The predicted octanol–water partition coefficient (Wildman–Crippen LogP) is 8.14. The van der Waals surface area contributed by atoms with Crippen molar-refractivity contribution >= 4 is 79.2 Å². The van der Waals surface area contributed by atoms with Gasteiger partial charge in [-0.1, -0.05) is 40.9 Å². The molecule has 0 saturated carbocycles. The molecule has 1 N–H and O–H groups in total. The third kappa shape index (κ3) is 4.75. The number of carbonyl (C=O) groups excluding carboxylic acids is 1. The zero-order valence-corrected chi connectivity index (χ0v) is 22.1. The van der Waals surface area contributed by atoms with Crippen molar-refractivity contribution in [1.82, 2.24) is 0 Å². The van der Waals surface area contributed by atoms with Crippen molar-refractivity contribution in [2.45, 2.75) is 0 Å². The van der Waals surface area contributed by atoms with Crippen LogP contribution >= 0.6 is 46.1 Å². The Morgan fingerprint density at radius 3 is 2.03 bits per heavy atom. The number of amides is 1. The van der Waals surface area contributed by atoms with Gasteiger partial charge in [0.2, 0.25) is 5.82 Å². The van der Waals surface area contributed by atoms with Crippen molar-refractivity contribution in [3.05, 3.63) is 85.4 Å². The number of thiophene rings is 1. The first kappa shape index (κ1) is 26.8. The number of benzene rings is 3. The lowest BCUT2D eigenvalue weighted by Gasteiger charge is -2.38. The topological polar surface area (TPSA) is 35.6 Å². The molecular weight excluding hydrogens is 592 g/mol. The molecule has 1 aliphatic rings. The van der Waals surface area contributed by atoms with Crippen LogP contribution in [-0.4, -0.2) is 32.1 Å². The Hall–Kier alpha value is -2.79. The summed E-state index contributed by atoms with van der Waals surface area (Å²) in [7, 11) is 0. The molecule has 1 aromatic heterocycles. The number of fused-ring (bicyclic) bond motifs is 1. The predicted molar refractivity (Wildman–Crippen MR) is 142 cm³/mol. The molecule has 0 radical (unpaired) electrons. The van der Waals surface area contributed by atoms with Crippen LogP contribution in [0.25, 0.3) is 10.1 Å². The Labute approximate surface area is 232 Å². The first-order chi connectivity index (χ1) is 18.1. The molecule has 1 saturated heterocycles. The second-order valence-electron chi connectivity index (χ2n) is 8.40. The van der Waals surface area contributed by atoms with Gasteiger partial charge < -0.3 is 15.1 Å². The SMILES string of the molecule is O=C(Nc1ccc(N2CCN(c3c(F)c(F)c(F)c(F)c3F)CC2)c(Cl)c1)c1sc2cc(Cl)ccc2c1Cl. The Morgan fingerprint density at radius 1 is 0.789 bits per heavy atom. The maximum atomic E-state index is 14.2. The summed E-state index contributed by atoms with van der Waals surface area (Å²) in [6, 6.07) is 9.99. The Balaban J connectivity index is 1.29. The number of nitrogens with zero attached hydrogens (tertiary/aromatic N) is 2. The molecule has 0 unspecified atom stereocenters. The van der Waals surface area contributed by atoms with Crippen LogP contribution < -0.4 is 15.1 Å². The average molecular weight is 607 g/mol. The van der Waals surface area contributed by atoms with Crippen molar-refractivity contribution < 1.29 is 26.7 Å². The quantitative estimate of drug-likeness (QED) is 0.145.